The van der Waals surface area contributed by atoms with Crippen molar-refractivity contribution in [2.24, 2.45) is 5.92 Å². The van der Waals surface area contributed by atoms with Crippen molar-refractivity contribution in [1.82, 2.24) is 10.3 Å². The van der Waals surface area contributed by atoms with Crippen molar-refractivity contribution in [3.8, 4) is 21.7 Å². The molecule has 5 nitrogen and oxygen atoms in total. The minimum Gasteiger partial charge on any atom is -0.352 e. The predicted molar refractivity (Wildman–Crippen MR) is 137 cm³/mol. The van der Waals surface area contributed by atoms with Gasteiger partial charge in [-0.1, -0.05) is 24.3 Å². The molecule has 0 bridgehead atoms. The molecule has 170 valence electrons. The largest absolute Gasteiger partial charge is 0.352 e. The summed E-state index contributed by atoms with van der Waals surface area (Å²) in [7, 11) is 0. The Hall–Kier alpha value is -3.77. The molecule has 2 amide bonds. The molecule has 1 aliphatic rings. The van der Waals surface area contributed by atoms with E-state index in [1.54, 1.807) is 6.20 Å². The highest BCUT2D eigenvalue weighted by Crippen LogP contribution is 2.30. The van der Waals surface area contributed by atoms with E-state index in [0.717, 1.165) is 39.5 Å². The van der Waals surface area contributed by atoms with Crippen LogP contribution in [0.3, 0.4) is 0 Å². The van der Waals surface area contributed by atoms with Crippen LogP contribution < -0.4 is 10.6 Å². The number of benzene rings is 2. The molecular weight excluding hydrogens is 442 g/mol. The van der Waals surface area contributed by atoms with Gasteiger partial charge in [0.15, 0.2) is 0 Å². The van der Waals surface area contributed by atoms with Gasteiger partial charge >= 0.3 is 0 Å². The smallest absolute Gasteiger partial charge is 0.265 e. The Morgan fingerprint density at radius 3 is 2.53 bits per heavy atom. The number of nitrogens with zero attached hydrogens (tertiary/aromatic N) is 1. The van der Waals surface area contributed by atoms with Gasteiger partial charge in [-0.05, 0) is 90.9 Å². The van der Waals surface area contributed by atoms with Crippen LogP contribution in [0.4, 0.5) is 5.69 Å². The molecular formula is C28H25N3O2S. The van der Waals surface area contributed by atoms with Gasteiger partial charge in [-0.25, -0.2) is 0 Å². The first-order chi connectivity index (χ1) is 16.6. The number of rotatable bonds is 7. The maximum Gasteiger partial charge on any atom is 0.265 e. The van der Waals surface area contributed by atoms with Gasteiger partial charge in [-0.2, -0.15) is 0 Å². The van der Waals surface area contributed by atoms with Crippen LogP contribution in [-0.2, 0) is 0 Å². The summed E-state index contributed by atoms with van der Waals surface area (Å²) in [6.07, 6.45) is 4.17. The molecule has 6 heteroatoms. The van der Waals surface area contributed by atoms with Crippen molar-refractivity contribution in [2.45, 2.75) is 19.8 Å². The van der Waals surface area contributed by atoms with E-state index in [2.05, 4.69) is 15.6 Å². The molecule has 1 saturated carbocycles. The molecule has 2 heterocycles. The number of aryl methyl sites for hydroxylation is 1. The van der Waals surface area contributed by atoms with Gasteiger partial charge in [-0.3, -0.25) is 14.6 Å². The SMILES string of the molecule is Cc1ccc(NC(=O)c2ccc(-c3ccccn3)s2)cc1-c1ccc(C(=O)NCC2CC2)cc1. The van der Waals surface area contributed by atoms with Crippen LogP contribution in [0.25, 0.3) is 21.7 Å². The van der Waals surface area contributed by atoms with Crippen LogP contribution in [0, 0.1) is 12.8 Å². The molecule has 0 saturated heterocycles. The molecule has 0 unspecified atom stereocenters. The van der Waals surface area contributed by atoms with Crippen molar-refractivity contribution in [1.29, 1.82) is 0 Å². The van der Waals surface area contributed by atoms with Crippen LogP contribution in [0.2, 0.25) is 0 Å². The zero-order valence-corrected chi connectivity index (χ0v) is 19.7. The normalized spacial score (nSPS) is 12.9. The Balaban J connectivity index is 1.29. The lowest BCUT2D eigenvalue weighted by molar-refractivity contribution is 0.0951. The second kappa shape index (κ2) is 9.61. The number of carbonyl (C=O) groups excluding carboxylic acids is 2. The van der Waals surface area contributed by atoms with Crippen LogP contribution in [0.1, 0.15) is 38.4 Å². The van der Waals surface area contributed by atoms with Crippen molar-refractivity contribution >= 4 is 28.8 Å². The highest BCUT2D eigenvalue weighted by Gasteiger charge is 2.21. The fourth-order valence-electron chi connectivity index (χ4n) is 3.77. The molecule has 2 aromatic carbocycles. The summed E-state index contributed by atoms with van der Waals surface area (Å²) in [5.74, 6) is 0.474. The van der Waals surface area contributed by atoms with Gasteiger partial charge in [0.1, 0.15) is 0 Å². The lowest BCUT2D eigenvalue weighted by Gasteiger charge is -2.11. The number of anilines is 1. The number of pyridine rings is 1. The predicted octanol–water partition coefficient (Wildman–Crippen LogP) is 6.18. The maximum atomic E-state index is 12.9. The number of carbonyl (C=O) groups is 2. The van der Waals surface area contributed by atoms with Crippen molar-refractivity contribution in [2.75, 3.05) is 11.9 Å². The van der Waals surface area contributed by atoms with E-state index < -0.39 is 0 Å². The average Bonchev–Trinajstić information content (AvgIpc) is 3.57. The Morgan fingerprint density at radius 2 is 1.79 bits per heavy atom. The monoisotopic (exact) mass is 467 g/mol. The fraction of sp³-hybridized carbons (Fsp3) is 0.179. The molecule has 2 N–H and O–H groups in total. The van der Waals surface area contributed by atoms with Crippen LogP contribution >= 0.6 is 11.3 Å². The third-order valence-corrected chi connectivity index (χ3v) is 7.06. The Bertz CT molecular complexity index is 1330. The van der Waals surface area contributed by atoms with Crippen LogP contribution in [0.15, 0.2) is 79.0 Å². The van der Waals surface area contributed by atoms with E-state index >= 15 is 0 Å². The molecule has 1 fully saturated rings. The number of hydrogen-bond acceptors (Lipinski definition) is 4. The summed E-state index contributed by atoms with van der Waals surface area (Å²) in [5, 5.41) is 6.01. The van der Waals surface area contributed by atoms with Crippen LogP contribution in [0.5, 0.6) is 0 Å². The summed E-state index contributed by atoms with van der Waals surface area (Å²) >= 11 is 1.42. The number of aromatic nitrogens is 1. The number of thiophene rings is 1. The molecule has 0 spiro atoms. The summed E-state index contributed by atoms with van der Waals surface area (Å²) in [4.78, 5) is 31.1. The molecule has 0 radical (unpaired) electrons. The first-order valence-corrected chi connectivity index (χ1v) is 12.2. The van der Waals surface area contributed by atoms with E-state index in [-0.39, 0.29) is 11.8 Å². The number of hydrogen-bond donors (Lipinski definition) is 2. The van der Waals surface area contributed by atoms with Gasteiger partial charge in [0.05, 0.1) is 15.4 Å². The van der Waals surface area contributed by atoms with Gasteiger partial charge in [0, 0.05) is 24.0 Å². The summed E-state index contributed by atoms with van der Waals surface area (Å²) in [5.41, 5.74) is 5.35. The molecule has 2 aromatic heterocycles. The Labute approximate surface area is 202 Å². The molecule has 5 rings (SSSR count). The Kier molecular flexibility index (Phi) is 6.23. The topological polar surface area (TPSA) is 71.1 Å². The average molecular weight is 468 g/mol. The Morgan fingerprint density at radius 1 is 0.971 bits per heavy atom. The molecule has 1 aliphatic carbocycles. The third kappa shape index (κ3) is 5.07. The summed E-state index contributed by atoms with van der Waals surface area (Å²) < 4.78 is 0. The highest BCUT2D eigenvalue weighted by molar-refractivity contribution is 7.17. The van der Waals surface area contributed by atoms with E-state index in [1.165, 1.54) is 24.2 Å². The van der Waals surface area contributed by atoms with Crippen molar-refractivity contribution in [3.63, 3.8) is 0 Å². The van der Waals surface area contributed by atoms with Gasteiger partial charge in [0.25, 0.3) is 11.8 Å². The summed E-state index contributed by atoms with van der Waals surface area (Å²) in [6, 6.07) is 23.0. The zero-order chi connectivity index (χ0) is 23.5. The number of amides is 2. The fourth-order valence-corrected chi connectivity index (χ4v) is 4.65. The van der Waals surface area contributed by atoms with Crippen molar-refractivity contribution in [3.05, 3.63) is 95.0 Å². The van der Waals surface area contributed by atoms with Crippen LogP contribution in [-0.4, -0.2) is 23.3 Å². The van der Waals surface area contributed by atoms with E-state index in [4.69, 9.17) is 0 Å². The maximum absolute atomic E-state index is 12.9. The van der Waals surface area contributed by atoms with E-state index in [1.807, 2.05) is 79.7 Å². The highest BCUT2D eigenvalue weighted by atomic mass is 32.1. The molecule has 4 aromatic rings. The second-order valence-electron chi connectivity index (χ2n) is 8.59. The molecule has 34 heavy (non-hydrogen) atoms. The quantitative estimate of drug-likeness (QED) is 0.341. The van der Waals surface area contributed by atoms with Gasteiger partial charge < -0.3 is 10.6 Å². The summed E-state index contributed by atoms with van der Waals surface area (Å²) in [6.45, 7) is 2.80. The second-order valence-corrected chi connectivity index (χ2v) is 9.68. The zero-order valence-electron chi connectivity index (χ0n) is 18.9. The third-order valence-electron chi connectivity index (χ3n) is 5.95. The minimum atomic E-state index is -0.148. The molecule has 0 aliphatic heterocycles. The lowest BCUT2D eigenvalue weighted by atomic mass is 9.98. The number of nitrogens with one attached hydrogen (secondary N) is 2. The minimum absolute atomic E-state index is 0.0304. The standard InChI is InChI=1S/C28H25N3O2S/c1-18-5-12-22(31-28(33)26-14-13-25(34-26)24-4-2-3-15-29-24)16-23(18)20-8-10-21(11-9-20)27(32)30-17-19-6-7-19/h2-5,8-16,19H,6-7,17H2,1H3,(H,30,32)(H,31,33). The van der Waals surface area contributed by atoms with Gasteiger partial charge in [-0.15, -0.1) is 11.3 Å². The molecule has 0 atom stereocenters. The van der Waals surface area contributed by atoms with E-state index in [9.17, 15) is 9.59 Å². The first-order valence-electron chi connectivity index (χ1n) is 11.4. The van der Waals surface area contributed by atoms with E-state index in [0.29, 0.717) is 16.4 Å². The lowest BCUT2D eigenvalue weighted by Crippen LogP contribution is -2.25. The van der Waals surface area contributed by atoms with Crippen molar-refractivity contribution < 1.29 is 9.59 Å². The van der Waals surface area contributed by atoms with Gasteiger partial charge in [0.2, 0.25) is 0 Å². The first kappa shape index (κ1) is 22.0.